The first-order chi connectivity index (χ1) is 12.9. The number of fused-ring (bicyclic) bond motifs is 1. The van der Waals surface area contributed by atoms with E-state index in [0.717, 1.165) is 22.4 Å². The van der Waals surface area contributed by atoms with E-state index >= 15 is 0 Å². The third kappa shape index (κ3) is 4.06. The fourth-order valence-electron chi connectivity index (χ4n) is 3.44. The first kappa shape index (κ1) is 19.6. The summed E-state index contributed by atoms with van der Waals surface area (Å²) in [6, 6.07) is 12.7. The summed E-state index contributed by atoms with van der Waals surface area (Å²) in [5, 5.41) is 0. The lowest BCUT2D eigenvalue weighted by atomic mass is 10.0. The predicted octanol–water partition coefficient (Wildman–Crippen LogP) is 3.72. The van der Waals surface area contributed by atoms with E-state index in [9.17, 15) is 13.2 Å². The normalized spacial score (nSPS) is 14.9. The van der Waals surface area contributed by atoms with Gasteiger partial charge in [-0.2, -0.15) is 0 Å². The lowest BCUT2D eigenvalue weighted by Gasteiger charge is -2.19. The number of nitrogens with one attached hydrogen (secondary N) is 1. The lowest BCUT2D eigenvalue weighted by Crippen LogP contribution is -2.29. The van der Waals surface area contributed by atoms with Crippen molar-refractivity contribution < 1.29 is 13.2 Å². The smallest absolute Gasteiger partial charge is 0.241 e. The molecule has 1 heterocycles. The largest absolute Gasteiger partial charge is 0.312 e. The van der Waals surface area contributed by atoms with Crippen LogP contribution < -0.4 is 9.62 Å². The molecule has 5 nitrogen and oxygen atoms in total. The number of anilines is 1. The SMILES string of the molecule is CCC(=O)N1CCc2cc(S(=O)(=O)N[C@H](CC)c3ccc(C)cc3)ccc21. The maximum absolute atomic E-state index is 12.9. The van der Waals surface area contributed by atoms with E-state index in [1.54, 1.807) is 23.1 Å². The topological polar surface area (TPSA) is 66.5 Å². The number of benzene rings is 2. The number of carbonyl (C=O) groups is 1. The molecule has 0 fully saturated rings. The van der Waals surface area contributed by atoms with Crippen LogP contribution in [0.25, 0.3) is 0 Å². The molecule has 0 bridgehead atoms. The third-order valence-corrected chi connectivity index (χ3v) is 6.52. The monoisotopic (exact) mass is 386 g/mol. The van der Waals surface area contributed by atoms with Gasteiger partial charge in [0.05, 0.1) is 4.90 Å². The van der Waals surface area contributed by atoms with Crippen molar-refractivity contribution in [1.82, 2.24) is 4.72 Å². The van der Waals surface area contributed by atoms with E-state index in [4.69, 9.17) is 0 Å². The van der Waals surface area contributed by atoms with Gasteiger partial charge in [-0.3, -0.25) is 4.79 Å². The van der Waals surface area contributed by atoms with Crippen LogP contribution in [-0.4, -0.2) is 20.9 Å². The number of aryl methyl sites for hydroxylation is 1. The van der Waals surface area contributed by atoms with Gasteiger partial charge >= 0.3 is 0 Å². The molecule has 3 rings (SSSR count). The molecule has 2 aromatic carbocycles. The summed E-state index contributed by atoms with van der Waals surface area (Å²) in [7, 11) is -3.65. The van der Waals surface area contributed by atoms with Gasteiger partial charge in [-0.25, -0.2) is 13.1 Å². The molecule has 0 saturated carbocycles. The quantitative estimate of drug-likeness (QED) is 0.823. The Morgan fingerprint density at radius 2 is 1.85 bits per heavy atom. The Hall–Kier alpha value is -2.18. The fourth-order valence-corrected chi connectivity index (χ4v) is 4.79. The predicted molar refractivity (Wildman–Crippen MR) is 107 cm³/mol. The Bertz CT molecular complexity index is 936. The van der Waals surface area contributed by atoms with Crippen molar-refractivity contribution in [3.8, 4) is 0 Å². The Morgan fingerprint density at radius 3 is 2.48 bits per heavy atom. The van der Waals surface area contributed by atoms with E-state index in [1.165, 1.54) is 0 Å². The highest BCUT2D eigenvalue weighted by Gasteiger charge is 2.27. The van der Waals surface area contributed by atoms with Crippen LogP contribution in [0.1, 0.15) is 49.4 Å². The molecule has 1 atom stereocenters. The van der Waals surface area contributed by atoms with Crippen LogP contribution in [0.4, 0.5) is 5.69 Å². The third-order valence-electron chi connectivity index (χ3n) is 5.05. The van der Waals surface area contributed by atoms with E-state index in [-0.39, 0.29) is 16.8 Å². The highest BCUT2D eigenvalue weighted by atomic mass is 32.2. The van der Waals surface area contributed by atoms with Crippen LogP contribution >= 0.6 is 0 Å². The van der Waals surface area contributed by atoms with Crippen LogP contribution in [0.3, 0.4) is 0 Å². The molecule has 144 valence electrons. The molecule has 27 heavy (non-hydrogen) atoms. The first-order valence-corrected chi connectivity index (χ1v) is 10.9. The Morgan fingerprint density at radius 1 is 1.15 bits per heavy atom. The standard InChI is InChI=1S/C21H26N2O3S/c1-4-19(16-8-6-15(3)7-9-16)22-27(25,26)18-10-11-20-17(14-18)12-13-23(20)21(24)5-2/h6-11,14,19,22H,4-5,12-13H2,1-3H3/t19-/m1/s1. The van der Waals surface area contributed by atoms with E-state index in [1.807, 2.05) is 45.0 Å². The zero-order valence-electron chi connectivity index (χ0n) is 16.0. The molecule has 1 amide bonds. The number of nitrogens with zero attached hydrogens (tertiary/aromatic N) is 1. The van der Waals surface area contributed by atoms with Crippen molar-refractivity contribution in [3.05, 3.63) is 59.2 Å². The number of carbonyl (C=O) groups excluding carboxylic acids is 1. The minimum atomic E-state index is -3.65. The second-order valence-electron chi connectivity index (χ2n) is 6.93. The molecule has 2 aromatic rings. The average molecular weight is 387 g/mol. The van der Waals surface area contributed by atoms with Crippen molar-refractivity contribution >= 4 is 21.6 Å². The molecule has 0 spiro atoms. The first-order valence-electron chi connectivity index (χ1n) is 9.38. The molecule has 0 radical (unpaired) electrons. The maximum Gasteiger partial charge on any atom is 0.241 e. The zero-order valence-corrected chi connectivity index (χ0v) is 16.8. The summed E-state index contributed by atoms with van der Waals surface area (Å²) < 4.78 is 28.7. The highest BCUT2D eigenvalue weighted by molar-refractivity contribution is 7.89. The molecular weight excluding hydrogens is 360 g/mol. The molecule has 0 aliphatic carbocycles. The fraction of sp³-hybridized carbons (Fsp3) is 0.381. The van der Waals surface area contributed by atoms with Crippen molar-refractivity contribution in [1.29, 1.82) is 0 Å². The molecule has 1 N–H and O–H groups in total. The molecular formula is C21H26N2O3S. The zero-order chi connectivity index (χ0) is 19.6. The summed E-state index contributed by atoms with van der Waals surface area (Å²) >= 11 is 0. The number of hydrogen-bond acceptors (Lipinski definition) is 3. The molecule has 0 aromatic heterocycles. The summed E-state index contributed by atoms with van der Waals surface area (Å²) in [4.78, 5) is 14.0. The van der Waals surface area contributed by atoms with Crippen molar-refractivity contribution in [2.75, 3.05) is 11.4 Å². The summed E-state index contributed by atoms with van der Waals surface area (Å²) in [6.45, 7) is 6.41. The molecule has 0 saturated heterocycles. The second kappa shape index (κ2) is 7.82. The maximum atomic E-state index is 12.9. The van der Waals surface area contributed by atoms with Crippen LogP contribution in [0.2, 0.25) is 0 Å². The van der Waals surface area contributed by atoms with Crippen molar-refractivity contribution in [2.45, 2.75) is 51.0 Å². The minimum absolute atomic E-state index is 0.0629. The van der Waals surface area contributed by atoms with Gasteiger partial charge in [0.15, 0.2) is 0 Å². The second-order valence-corrected chi connectivity index (χ2v) is 8.65. The van der Waals surface area contributed by atoms with Crippen LogP contribution in [0.5, 0.6) is 0 Å². The van der Waals surface area contributed by atoms with Gasteiger partial charge in [0.2, 0.25) is 15.9 Å². The number of sulfonamides is 1. The van der Waals surface area contributed by atoms with Gasteiger partial charge in [0, 0.05) is 24.7 Å². The van der Waals surface area contributed by atoms with Crippen LogP contribution in [-0.2, 0) is 21.2 Å². The van der Waals surface area contributed by atoms with Gasteiger partial charge in [0.1, 0.15) is 0 Å². The van der Waals surface area contributed by atoms with Gasteiger partial charge in [-0.1, -0.05) is 43.7 Å². The van der Waals surface area contributed by atoms with E-state index in [0.29, 0.717) is 25.8 Å². The summed E-state index contributed by atoms with van der Waals surface area (Å²) in [5.41, 5.74) is 3.82. The molecule has 6 heteroatoms. The summed E-state index contributed by atoms with van der Waals surface area (Å²) in [5.74, 6) is 0.0629. The molecule has 0 unspecified atom stereocenters. The minimum Gasteiger partial charge on any atom is -0.312 e. The lowest BCUT2D eigenvalue weighted by molar-refractivity contribution is -0.118. The molecule has 1 aliphatic heterocycles. The van der Waals surface area contributed by atoms with Gasteiger partial charge in [0.25, 0.3) is 0 Å². The summed E-state index contributed by atoms with van der Waals surface area (Å²) in [6.07, 6.45) is 1.78. The number of hydrogen-bond donors (Lipinski definition) is 1. The average Bonchev–Trinajstić information content (AvgIpc) is 3.09. The number of rotatable bonds is 6. The van der Waals surface area contributed by atoms with Crippen LogP contribution in [0, 0.1) is 6.92 Å². The molecule has 1 aliphatic rings. The van der Waals surface area contributed by atoms with Gasteiger partial charge in [-0.15, -0.1) is 0 Å². The van der Waals surface area contributed by atoms with E-state index < -0.39 is 10.0 Å². The van der Waals surface area contributed by atoms with E-state index in [2.05, 4.69) is 4.72 Å². The van der Waals surface area contributed by atoms with Crippen LogP contribution in [0.15, 0.2) is 47.4 Å². The van der Waals surface area contributed by atoms with Crippen molar-refractivity contribution in [2.24, 2.45) is 0 Å². The highest BCUT2D eigenvalue weighted by Crippen LogP contribution is 2.31. The van der Waals surface area contributed by atoms with Gasteiger partial charge in [-0.05, 0) is 49.1 Å². The Kier molecular flexibility index (Phi) is 5.67. The Labute approximate surface area is 161 Å². The number of amides is 1. The Balaban J connectivity index is 1.85. The van der Waals surface area contributed by atoms with Crippen molar-refractivity contribution in [3.63, 3.8) is 0 Å². The van der Waals surface area contributed by atoms with Gasteiger partial charge < -0.3 is 4.90 Å².